The molecule has 19 heavy (non-hydrogen) atoms. The first-order valence-corrected chi connectivity index (χ1v) is 8.25. The van der Waals surface area contributed by atoms with Crippen LogP contribution < -0.4 is 5.73 Å². The van der Waals surface area contributed by atoms with Crippen molar-refractivity contribution in [3.63, 3.8) is 0 Å². The molecule has 0 radical (unpaired) electrons. The van der Waals surface area contributed by atoms with Crippen LogP contribution in [0.4, 0.5) is 0 Å². The Morgan fingerprint density at radius 2 is 1.84 bits per heavy atom. The Morgan fingerprint density at radius 3 is 2.32 bits per heavy atom. The number of aromatic nitrogens is 1. The Kier molecular flexibility index (Phi) is 6.54. The van der Waals surface area contributed by atoms with E-state index < -0.39 is 13.4 Å². The largest absolute Gasteiger partial charge is 0.351 e. The lowest BCUT2D eigenvalue weighted by Gasteiger charge is -2.24. The van der Waals surface area contributed by atoms with Crippen LogP contribution in [0.5, 0.6) is 0 Å². The van der Waals surface area contributed by atoms with Crippen molar-refractivity contribution >= 4 is 42.4 Å². The molecule has 1 atom stereocenters. The lowest BCUT2D eigenvalue weighted by atomic mass is 10.2. The number of hydrogen-bond acceptors (Lipinski definition) is 5. The molecule has 0 aliphatic heterocycles. The summed E-state index contributed by atoms with van der Waals surface area (Å²) in [6.07, 6.45) is 1.28. The molecule has 9 heteroatoms. The normalized spacial score (nSPS) is 13.6. The van der Waals surface area contributed by atoms with E-state index in [0.29, 0.717) is 0 Å². The summed E-state index contributed by atoms with van der Waals surface area (Å²) >= 11 is 17.8. The molecular weight excluding hydrogens is 333 g/mol. The molecule has 1 heterocycles. The molecule has 108 valence electrons. The summed E-state index contributed by atoms with van der Waals surface area (Å²) in [4.78, 5) is 3.77. The average Bonchev–Trinajstić information content (AvgIpc) is 2.35. The minimum Gasteiger partial charge on any atom is -0.314 e. The Hall–Kier alpha value is 0.130. The molecule has 0 amide bonds. The van der Waals surface area contributed by atoms with Crippen molar-refractivity contribution in [2.24, 2.45) is 5.73 Å². The fourth-order valence-electron chi connectivity index (χ4n) is 1.44. The molecule has 0 saturated heterocycles. The first kappa shape index (κ1) is 17.2. The Balaban J connectivity index is 3.28. The summed E-state index contributed by atoms with van der Waals surface area (Å²) in [5, 5.41) is 0.221. The zero-order chi connectivity index (χ0) is 14.6. The minimum atomic E-state index is -3.58. The SMILES string of the molecule is CCOP(=O)(OCC)[C@H](N)c1c(Cl)cnc(Cl)c1Cl. The first-order valence-electron chi connectivity index (χ1n) is 5.51. The van der Waals surface area contributed by atoms with Gasteiger partial charge in [0.15, 0.2) is 0 Å². The van der Waals surface area contributed by atoms with Crippen molar-refractivity contribution in [2.45, 2.75) is 19.6 Å². The molecule has 0 bridgehead atoms. The maximum atomic E-state index is 12.6. The third-order valence-electron chi connectivity index (χ3n) is 2.22. The van der Waals surface area contributed by atoms with E-state index in [4.69, 9.17) is 49.6 Å². The quantitative estimate of drug-likeness (QED) is 0.614. The third-order valence-corrected chi connectivity index (χ3v) is 5.46. The maximum Gasteiger partial charge on any atom is 0.351 e. The number of pyridine rings is 1. The number of hydrogen-bond donors (Lipinski definition) is 1. The highest BCUT2D eigenvalue weighted by atomic mass is 35.5. The monoisotopic (exact) mass is 346 g/mol. The third kappa shape index (κ3) is 3.82. The van der Waals surface area contributed by atoms with Crippen LogP contribution >= 0.6 is 42.4 Å². The molecule has 0 fully saturated rings. The number of nitrogens with two attached hydrogens (primary N) is 1. The van der Waals surface area contributed by atoms with Gasteiger partial charge in [-0.05, 0) is 13.8 Å². The highest BCUT2D eigenvalue weighted by molar-refractivity contribution is 7.54. The summed E-state index contributed by atoms with van der Waals surface area (Å²) in [5.74, 6) is -1.13. The van der Waals surface area contributed by atoms with E-state index in [9.17, 15) is 4.57 Å². The van der Waals surface area contributed by atoms with E-state index >= 15 is 0 Å². The summed E-state index contributed by atoms with van der Waals surface area (Å²) < 4.78 is 22.9. The van der Waals surface area contributed by atoms with Gasteiger partial charge in [-0.25, -0.2) is 4.98 Å². The first-order chi connectivity index (χ1) is 8.87. The molecule has 0 spiro atoms. The van der Waals surface area contributed by atoms with Crippen molar-refractivity contribution in [1.29, 1.82) is 0 Å². The molecule has 0 aliphatic carbocycles. The van der Waals surface area contributed by atoms with Gasteiger partial charge in [-0.1, -0.05) is 34.8 Å². The second-order valence-electron chi connectivity index (χ2n) is 3.44. The second-order valence-corrected chi connectivity index (χ2v) is 6.74. The zero-order valence-corrected chi connectivity index (χ0v) is 13.6. The highest BCUT2D eigenvalue weighted by Crippen LogP contribution is 2.60. The molecular formula is C10H14Cl3N2O3P. The van der Waals surface area contributed by atoms with Gasteiger partial charge < -0.3 is 14.8 Å². The smallest absolute Gasteiger partial charge is 0.314 e. The van der Waals surface area contributed by atoms with Crippen molar-refractivity contribution in [1.82, 2.24) is 4.98 Å². The van der Waals surface area contributed by atoms with E-state index in [1.165, 1.54) is 6.20 Å². The molecule has 1 aromatic heterocycles. The van der Waals surface area contributed by atoms with Crippen molar-refractivity contribution in [3.05, 3.63) is 27.0 Å². The second kappa shape index (κ2) is 7.23. The van der Waals surface area contributed by atoms with Crippen LogP contribution in [0.25, 0.3) is 0 Å². The van der Waals surface area contributed by atoms with Gasteiger partial charge in [-0.3, -0.25) is 4.57 Å². The molecule has 5 nitrogen and oxygen atoms in total. The summed E-state index contributed by atoms with van der Waals surface area (Å²) in [7, 11) is -3.58. The van der Waals surface area contributed by atoms with Gasteiger partial charge in [-0.2, -0.15) is 0 Å². The standard InChI is InChI=1S/C10H14Cl3N2O3P/c1-3-17-19(16,18-4-2)10(14)7-6(11)5-15-9(13)8(7)12/h5,10H,3-4,14H2,1-2H3/t10-/m0/s1. The zero-order valence-electron chi connectivity index (χ0n) is 10.4. The van der Waals surface area contributed by atoms with Crippen molar-refractivity contribution in [2.75, 3.05) is 13.2 Å². The van der Waals surface area contributed by atoms with Gasteiger partial charge in [0.25, 0.3) is 0 Å². The molecule has 0 saturated carbocycles. The summed E-state index contributed by atoms with van der Waals surface area (Å²) in [5.41, 5.74) is 6.15. The lowest BCUT2D eigenvalue weighted by molar-refractivity contribution is 0.212. The number of halogens is 3. The van der Waals surface area contributed by atoms with Crippen LogP contribution in [0.15, 0.2) is 6.20 Å². The molecule has 2 N–H and O–H groups in total. The maximum absolute atomic E-state index is 12.6. The van der Waals surface area contributed by atoms with Gasteiger partial charge in [-0.15, -0.1) is 0 Å². The molecule has 0 unspecified atom stereocenters. The van der Waals surface area contributed by atoms with Crippen LogP contribution in [-0.2, 0) is 13.6 Å². The Bertz CT molecular complexity index is 491. The molecule has 1 rings (SSSR count). The van der Waals surface area contributed by atoms with Crippen molar-refractivity contribution < 1.29 is 13.6 Å². The molecule has 0 aromatic carbocycles. The van der Waals surface area contributed by atoms with Crippen LogP contribution in [0.3, 0.4) is 0 Å². The van der Waals surface area contributed by atoms with E-state index in [2.05, 4.69) is 4.98 Å². The van der Waals surface area contributed by atoms with E-state index in [1.807, 2.05) is 0 Å². The van der Waals surface area contributed by atoms with E-state index in [1.54, 1.807) is 13.8 Å². The lowest BCUT2D eigenvalue weighted by Crippen LogP contribution is -2.16. The summed E-state index contributed by atoms with van der Waals surface area (Å²) in [6.45, 7) is 3.72. The van der Waals surface area contributed by atoms with Crippen LogP contribution in [0.1, 0.15) is 25.2 Å². The predicted molar refractivity (Wildman–Crippen MR) is 77.1 cm³/mol. The summed E-state index contributed by atoms with van der Waals surface area (Å²) in [6, 6.07) is 0. The molecule has 1 aromatic rings. The highest BCUT2D eigenvalue weighted by Gasteiger charge is 2.37. The van der Waals surface area contributed by atoms with E-state index in [0.717, 1.165) is 0 Å². The minimum absolute atomic E-state index is 0.0241. The van der Waals surface area contributed by atoms with Gasteiger partial charge >= 0.3 is 7.60 Å². The predicted octanol–water partition coefficient (Wildman–Crippen LogP) is 4.27. The molecule has 0 aliphatic rings. The van der Waals surface area contributed by atoms with Crippen LogP contribution in [0, 0.1) is 0 Å². The Morgan fingerprint density at radius 1 is 1.32 bits per heavy atom. The number of nitrogens with zero attached hydrogens (tertiary/aromatic N) is 1. The average molecular weight is 348 g/mol. The van der Waals surface area contributed by atoms with Gasteiger partial charge in [0.2, 0.25) is 0 Å². The topological polar surface area (TPSA) is 74.4 Å². The van der Waals surface area contributed by atoms with Crippen molar-refractivity contribution in [3.8, 4) is 0 Å². The van der Waals surface area contributed by atoms with Gasteiger partial charge in [0.05, 0.1) is 23.3 Å². The van der Waals surface area contributed by atoms with Gasteiger partial charge in [0, 0.05) is 11.8 Å². The number of rotatable bonds is 6. The fourth-order valence-corrected chi connectivity index (χ4v) is 4.02. The fraction of sp³-hybridized carbons (Fsp3) is 0.500. The van der Waals surface area contributed by atoms with Crippen LogP contribution in [-0.4, -0.2) is 18.2 Å². The van der Waals surface area contributed by atoms with E-state index in [-0.39, 0.29) is 34.0 Å². The van der Waals surface area contributed by atoms with Gasteiger partial charge in [0.1, 0.15) is 10.9 Å². The Labute approximate surface area is 126 Å². The van der Waals surface area contributed by atoms with Crippen LogP contribution in [0.2, 0.25) is 15.2 Å².